The van der Waals surface area contributed by atoms with E-state index >= 15 is 0 Å². The maximum Gasteiger partial charge on any atom is 0.254 e. The molecule has 3 aromatic carbocycles. The molecule has 0 unspecified atom stereocenters. The van der Waals surface area contributed by atoms with Crippen molar-refractivity contribution in [3.05, 3.63) is 71.8 Å². The second-order valence-electron chi connectivity index (χ2n) is 8.19. The number of amides is 1. The molecule has 1 saturated heterocycles. The van der Waals surface area contributed by atoms with Crippen LogP contribution in [0.4, 0.5) is 0 Å². The molecule has 4 nitrogen and oxygen atoms in total. The van der Waals surface area contributed by atoms with Gasteiger partial charge in [0.2, 0.25) is 0 Å². The molecule has 5 rings (SSSR count). The molecule has 0 aromatic heterocycles. The molecule has 3 aromatic rings. The Balaban J connectivity index is 1.58. The van der Waals surface area contributed by atoms with Gasteiger partial charge in [-0.25, -0.2) is 0 Å². The van der Waals surface area contributed by atoms with Gasteiger partial charge in [-0.1, -0.05) is 42.5 Å². The number of rotatable bonds is 4. The Bertz CT molecular complexity index is 1140. The Labute approximate surface area is 176 Å². The fourth-order valence-corrected chi connectivity index (χ4v) is 4.58. The average molecular weight is 396 g/mol. The highest BCUT2D eigenvalue weighted by molar-refractivity contribution is 6.11. The summed E-state index contributed by atoms with van der Waals surface area (Å²) in [5.41, 5.74) is 3.44. The van der Waals surface area contributed by atoms with Crippen molar-refractivity contribution in [2.45, 2.75) is 37.8 Å². The predicted octanol–water partition coefficient (Wildman–Crippen LogP) is 5.16. The summed E-state index contributed by atoms with van der Waals surface area (Å²) in [6, 6.07) is 22.6. The maximum atomic E-state index is 13.7. The van der Waals surface area contributed by atoms with E-state index in [1.54, 1.807) is 0 Å². The fourth-order valence-electron chi connectivity index (χ4n) is 4.58. The van der Waals surface area contributed by atoms with Crippen LogP contribution in [0.3, 0.4) is 0 Å². The van der Waals surface area contributed by atoms with E-state index < -0.39 is 0 Å². The average Bonchev–Trinajstić information content (AvgIpc) is 3.64. The molecule has 0 radical (unpaired) electrons. The number of nitriles is 1. The van der Waals surface area contributed by atoms with Gasteiger partial charge >= 0.3 is 0 Å². The molecule has 2 aliphatic rings. The van der Waals surface area contributed by atoms with Crippen LogP contribution in [0.2, 0.25) is 0 Å². The summed E-state index contributed by atoms with van der Waals surface area (Å²) < 4.78 is 5.53. The Kier molecular flexibility index (Phi) is 4.98. The number of carbonyl (C=O) groups excluding carboxylic acids is 1. The first-order valence-corrected chi connectivity index (χ1v) is 10.7. The Morgan fingerprint density at radius 3 is 2.37 bits per heavy atom. The van der Waals surface area contributed by atoms with Gasteiger partial charge in [-0.2, -0.15) is 5.26 Å². The number of carbonyl (C=O) groups is 1. The number of hydrogen-bond donors (Lipinski definition) is 0. The zero-order chi connectivity index (χ0) is 20.5. The summed E-state index contributed by atoms with van der Waals surface area (Å²) >= 11 is 0. The van der Waals surface area contributed by atoms with Crippen LogP contribution in [0.15, 0.2) is 60.7 Å². The minimum atomic E-state index is 0.137. The number of benzene rings is 3. The molecule has 4 heteroatoms. The third kappa shape index (κ3) is 3.46. The van der Waals surface area contributed by atoms with Gasteiger partial charge in [0.1, 0.15) is 0 Å². The summed E-state index contributed by atoms with van der Waals surface area (Å²) in [5, 5.41) is 11.3. The van der Waals surface area contributed by atoms with Crippen LogP contribution in [-0.4, -0.2) is 36.1 Å². The van der Waals surface area contributed by atoms with Crippen LogP contribution in [0.1, 0.15) is 41.6 Å². The zero-order valence-electron chi connectivity index (χ0n) is 16.9. The molecule has 0 atom stereocenters. The van der Waals surface area contributed by atoms with Gasteiger partial charge in [0.25, 0.3) is 5.91 Å². The van der Waals surface area contributed by atoms with Gasteiger partial charge in [-0.15, -0.1) is 0 Å². The largest absolute Gasteiger partial charge is 0.381 e. The molecular weight excluding hydrogens is 372 g/mol. The van der Waals surface area contributed by atoms with E-state index in [1.807, 2.05) is 54.6 Å². The van der Waals surface area contributed by atoms with Crippen molar-refractivity contribution in [1.29, 1.82) is 5.26 Å². The zero-order valence-corrected chi connectivity index (χ0v) is 16.9. The van der Waals surface area contributed by atoms with E-state index in [4.69, 9.17) is 4.74 Å². The molecule has 0 spiro atoms. The fraction of sp³-hybridized carbons (Fsp3) is 0.308. The molecule has 30 heavy (non-hydrogen) atoms. The molecular formula is C26H24N2O2. The SMILES string of the molecule is N#Cc1cccc(-c2ccc(C(=O)N(C3CCOCC3)C3CC3)c3ccccc23)c1. The lowest BCUT2D eigenvalue weighted by Gasteiger charge is -2.35. The van der Waals surface area contributed by atoms with E-state index in [1.165, 1.54) is 0 Å². The number of fused-ring (bicyclic) bond motifs is 1. The number of hydrogen-bond acceptors (Lipinski definition) is 3. The molecule has 1 heterocycles. The Morgan fingerprint density at radius 2 is 1.63 bits per heavy atom. The molecule has 2 fully saturated rings. The van der Waals surface area contributed by atoms with E-state index in [0.29, 0.717) is 11.6 Å². The highest BCUT2D eigenvalue weighted by Crippen LogP contribution is 2.36. The third-order valence-corrected chi connectivity index (χ3v) is 6.22. The van der Waals surface area contributed by atoms with Crippen molar-refractivity contribution in [3.63, 3.8) is 0 Å². The summed E-state index contributed by atoms with van der Waals surface area (Å²) in [5.74, 6) is 0.137. The summed E-state index contributed by atoms with van der Waals surface area (Å²) in [4.78, 5) is 15.9. The van der Waals surface area contributed by atoms with Crippen LogP contribution >= 0.6 is 0 Å². The molecule has 1 aliphatic heterocycles. The minimum absolute atomic E-state index is 0.137. The van der Waals surface area contributed by atoms with Crippen LogP contribution in [-0.2, 0) is 4.74 Å². The van der Waals surface area contributed by atoms with E-state index in [2.05, 4.69) is 17.0 Å². The van der Waals surface area contributed by atoms with Crippen molar-refractivity contribution < 1.29 is 9.53 Å². The summed E-state index contributed by atoms with van der Waals surface area (Å²) in [6.45, 7) is 1.46. The Hall–Kier alpha value is -3.16. The normalized spacial score (nSPS) is 16.9. The summed E-state index contributed by atoms with van der Waals surface area (Å²) in [6.07, 6.45) is 4.03. The summed E-state index contributed by atoms with van der Waals surface area (Å²) in [7, 11) is 0. The van der Waals surface area contributed by atoms with Crippen molar-refractivity contribution in [2.75, 3.05) is 13.2 Å². The highest BCUT2D eigenvalue weighted by Gasteiger charge is 2.38. The van der Waals surface area contributed by atoms with E-state index in [0.717, 1.165) is 66.4 Å². The maximum absolute atomic E-state index is 13.7. The van der Waals surface area contributed by atoms with Crippen LogP contribution < -0.4 is 0 Å². The first-order chi connectivity index (χ1) is 14.8. The van der Waals surface area contributed by atoms with Crippen LogP contribution in [0.25, 0.3) is 21.9 Å². The van der Waals surface area contributed by atoms with Crippen LogP contribution in [0.5, 0.6) is 0 Å². The van der Waals surface area contributed by atoms with Gasteiger partial charge in [0.05, 0.1) is 11.6 Å². The monoisotopic (exact) mass is 396 g/mol. The highest BCUT2D eigenvalue weighted by atomic mass is 16.5. The lowest BCUT2D eigenvalue weighted by atomic mass is 9.93. The topological polar surface area (TPSA) is 53.3 Å². The first-order valence-electron chi connectivity index (χ1n) is 10.7. The van der Waals surface area contributed by atoms with Crippen molar-refractivity contribution in [2.24, 2.45) is 0 Å². The first kappa shape index (κ1) is 18.8. The molecule has 150 valence electrons. The lowest BCUT2D eigenvalue weighted by molar-refractivity contribution is 0.0268. The van der Waals surface area contributed by atoms with Gasteiger partial charge in [0.15, 0.2) is 0 Å². The van der Waals surface area contributed by atoms with Crippen molar-refractivity contribution >= 4 is 16.7 Å². The second kappa shape index (κ2) is 7.93. The lowest BCUT2D eigenvalue weighted by Crippen LogP contribution is -2.44. The van der Waals surface area contributed by atoms with Gasteiger partial charge in [-0.3, -0.25) is 4.79 Å². The van der Waals surface area contributed by atoms with E-state index in [-0.39, 0.29) is 11.9 Å². The third-order valence-electron chi connectivity index (χ3n) is 6.22. The molecule has 1 amide bonds. The van der Waals surface area contributed by atoms with Gasteiger partial charge in [0, 0.05) is 30.9 Å². The van der Waals surface area contributed by atoms with Crippen molar-refractivity contribution in [1.82, 2.24) is 4.90 Å². The number of ether oxygens (including phenoxy) is 1. The minimum Gasteiger partial charge on any atom is -0.381 e. The van der Waals surface area contributed by atoms with E-state index in [9.17, 15) is 10.1 Å². The number of nitrogens with zero attached hydrogens (tertiary/aromatic N) is 2. The van der Waals surface area contributed by atoms with Crippen molar-refractivity contribution in [3.8, 4) is 17.2 Å². The van der Waals surface area contributed by atoms with Gasteiger partial charge in [-0.05, 0) is 65.8 Å². The smallest absolute Gasteiger partial charge is 0.254 e. The molecule has 1 aliphatic carbocycles. The predicted molar refractivity (Wildman–Crippen MR) is 117 cm³/mol. The quantitative estimate of drug-likeness (QED) is 0.612. The molecule has 0 N–H and O–H groups in total. The standard InChI is InChI=1S/C26H24N2O2/c27-17-18-4-3-5-19(16-18)22-10-11-25(24-7-2-1-6-23(22)24)26(29)28(20-8-9-20)21-12-14-30-15-13-21/h1-7,10-11,16,20-21H,8-9,12-15H2. The van der Waals surface area contributed by atoms with Crippen LogP contribution in [0, 0.1) is 11.3 Å². The molecule has 0 bridgehead atoms. The molecule has 1 saturated carbocycles. The second-order valence-corrected chi connectivity index (χ2v) is 8.19. The Morgan fingerprint density at radius 1 is 0.900 bits per heavy atom. The van der Waals surface area contributed by atoms with Gasteiger partial charge < -0.3 is 9.64 Å².